The van der Waals surface area contributed by atoms with Crippen molar-refractivity contribution in [1.82, 2.24) is 14.9 Å². The molecule has 3 aromatic rings. The van der Waals surface area contributed by atoms with Gasteiger partial charge in [0.25, 0.3) is 11.5 Å². The highest BCUT2D eigenvalue weighted by Gasteiger charge is 2.19. The van der Waals surface area contributed by atoms with Crippen molar-refractivity contribution >= 4 is 38.6 Å². The number of benzene rings is 1. The van der Waals surface area contributed by atoms with E-state index >= 15 is 0 Å². The number of nitrogens with two attached hydrogens (primary N) is 1. The molecule has 8 nitrogen and oxygen atoms in total. The molecule has 9 heteroatoms. The van der Waals surface area contributed by atoms with Crippen LogP contribution < -0.4 is 16.7 Å². The van der Waals surface area contributed by atoms with E-state index in [0.29, 0.717) is 23.4 Å². The van der Waals surface area contributed by atoms with Crippen molar-refractivity contribution in [2.75, 3.05) is 0 Å². The van der Waals surface area contributed by atoms with Crippen molar-refractivity contribution in [3.63, 3.8) is 0 Å². The fourth-order valence-electron chi connectivity index (χ4n) is 3.85. The predicted molar refractivity (Wildman–Crippen MR) is 126 cm³/mol. The van der Waals surface area contributed by atoms with Gasteiger partial charge in [0, 0.05) is 34.2 Å². The minimum Gasteiger partial charge on any atom is -0.348 e. The minimum absolute atomic E-state index is 0.113. The second-order valence-corrected chi connectivity index (χ2v) is 8.71. The molecule has 0 radical (unpaired) electrons. The highest BCUT2D eigenvalue weighted by Crippen LogP contribution is 2.31. The Labute approximate surface area is 189 Å². The van der Waals surface area contributed by atoms with Crippen molar-refractivity contribution in [2.24, 2.45) is 16.2 Å². The van der Waals surface area contributed by atoms with Crippen molar-refractivity contribution in [3.8, 4) is 0 Å². The van der Waals surface area contributed by atoms with Gasteiger partial charge in [-0.25, -0.2) is 0 Å². The van der Waals surface area contributed by atoms with Crippen LogP contribution >= 0.6 is 15.9 Å². The number of amides is 1. The number of aryl methyl sites for hydroxylation is 2. The molecule has 0 fully saturated rings. The fraction of sp³-hybridized carbons (Fsp3) is 0.364. The lowest BCUT2D eigenvalue weighted by Gasteiger charge is -2.13. The van der Waals surface area contributed by atoms with E-state index in [9.17, 15) is 9.59 Å². The summed E-state index contributed by atoms with van der Waals surface area (Å²) in [5.41, 5.74) is 3.61. The first-order chi connectivity index (χ1) is 14.8. The number of aromatic nitrogens is 2. The van der Waals surface area contributed by atoms with Crippen LogP contribution in [0.25, 0.3) is 10.9 Å². The van der Waals surface area contributed by atoms with Gasteiger partial charge in [-0.15, -0.1) is 5.11 Å². The maximum atomic E-state index is 13.2. The molecule has 4 N–H and O–H groups in total. The average Bonchev–Trinajstić information content (AvgIpc) is 3.03. The second-order valence-electron chi connectivity index (χ2n) is 7.80. The summed E-state index contributed by atoms with van der Waals surface area (Å²) >= 11 is 3.53. The summed E-state index contributed by atoms with van der Waals surface area (Å²) in [6, 6.07) is 5.85. The van der Waals surface area contributed by atoms with Gasteiger partial charge in [-0.05, 0) is 56.5 Å². The zero-order valence-corrected chi connectivity index (χ0v) is 19.7. The summed E-state index contributed by atoms with van der Waals surface area (Å²) in [4.78, 5) is 28.4. The molecule has 0 bridgehead atoms. The van der Waals surface area contributed by atoms with Crippen LogP contribution in [0.3, 0.4) is 0 Å². The van der Waals surface area contributed by atoms with E-state index in [0.717, 1.165) is 32.9 Å². The molecule has 0 saturated heterocycles. The van der Waals surface area contributed by atoms with Crippen LogP contribution in [0.5, 0.6) is 0 Å². The van der Waals surface area contributed by atoms with Crippen molar-refractivity contribution in [2.45, 2.75) is 53.1 Å². The van der Waals surface area contributed by atoms with Gasteiger partial charge < -0.3 is 20.7 Å². The number of halogens is 1. The number of nitrogens with zero attached hydrogens (tertiary/aromatic N) is 3. The lowest BCUT2D eigenvalue weighted by atomic mass is 10.0. The monoisotopic (exact) mass is 486 g/mol. The van der Waals surface area contributed by atoms with Gasteiger partial charge in [-0.1, -0.05) is 34.5 Å². The number of hydrogen-bond acceptors (Lipinski definition) is 4. The number of nitrogens with one attached hydrogen (secondary N) is 2. The molecule has 0 saturated carbocycles. The normalized spacial score (nSPS) is 11.7. The Morgan fingerprint density at radius 2 is 2.06 bits per heavy atom. The van der Waals surface area contributed by atoms with E-state index in [-0.39, 0.29) is 24.1 Å². The predicted octanol–water partition coefficient (Wildman–Crippen LogP) is 4.82. The van der Waals surface area contributed by atoms with Crippen molar-refractivity contribution in [3.05, 3.63) is 61.5 Å². The Morgan fingerprint density at radius 1 is 1.32 bits per heavy atom. The fourth-order valence-corrected chi connectivity index (χ4v) is 4.30. The number of rotatable bonds is 7. The maximum absolute atomic E-state index is 13.2. The molecule has 2 aromatic heterocycles. The third kappa shape index (κ3) is 4.71. The number of H-pyrrole nitrogens is 1. The number of fused-ring (bicyclic) bond motifs is 1. The highest BCUT2D eigenvalue weighted by atomic mass is 79.9. The van der Waals surface area contributed by atoms with E-state index in [1.54, 1.807) is 6.07 Å². The van der Waals surface area contributed by atoms with E-state index in [4.69, 9.17) is 5.84 Å². The van der Waals surface area contributed by atoms with Crippen LogP contribution in [0, 0.1) is 6.92 Å². The molecule has 1 amide bonds. The summed E-state index contributed by atoms with van der Waals surface area (Å²) in [7, 11) is 0. The van der Waals surface area contributed by atoms with E-state index in [1.807, 2.05) is 26.0 Å². The van der Waals surface area contributed by atoms with Gasteiger partial charge in [-0.3, -0.25) is 9.59 Å². The summed E-state index contributed by atoms with van der Waals surface area (Å²) in [6.07, 6.45) is 3.59. The molecule has 31 heavy (non-hydrogen) atoms. The molecule has 0 aliphatic carbocycles. The molecule has 164 valence electrons. The standard InChI is InChI=1S/C22H27BrN6O2/c1-5-6-14-7-19(27-28-24)26-22(31)17(14)10-25-21(30)16-8-15(23)9-18-20(16)13(4)11-29(18)12(2)3/h7-9,11-12H,5-6,10H2,1-4H3,(H,25,30)(H3,24,26,27,31). The second kappa shape index (κ2) is 9.47. The molecule has 0 unspecified atom stereocenters. The molecule has 1 aromatic carbocycles. The van der Waals surface area contributed by atoms with Gasteiger partial charge in [0.1, 0.15) is 0 Å². The first-order valence-electron chi connectivity index (χ1n) is 10.2. The van der Waals surface area contributed by atoms with Gasteiger partial charge >= 0.3 is 0 Å². The van der Waals surface area contributed by atoms with E-state index < -0.39 is 0 Å². The van der Waals surface area contributed by atoms with Crippen molar-refractivity contribution in [1.29, 1.82) is 0 Å². The summed E-state index contributed by atoms with van der Waals surface area (Å²) < 4.78 is 2.98. The third-order valence-corrected chi connectivity index (χ3v) is 5.67. The quantitative estimate of drug-likeness (QED) is 0.252. The lowest BCUT2D eigenvalue weighted by molar-refractivity contribution is 0.0952. The topological polar surface area (TPSA) is 118 Å². The third-order valence-electron chi connectivity index (χ3n) is 5.21. The smallest absolute Gasteiger partial charge is 0.254 e. The van der Waals surface area contributed by atoms with E-state index in [1.165, 1.54) is 0 Å². The van der Waals surface area contributed by atoms with Gasteiger partial charge in [-0.2, -0.15) is 0 Å². The van der Waals surface area contributed by atoms with E-state index in [2.05, 4.69) is 61.2 Å². The zero-order valence-electron chi connectivity index (χ0n) is 18.1. The minimum atomic E-state index is -0.310. The molecule has 2 heterocycles. The number of carbonyl (C=O) groups is 1. The molecule has 0 aliphatic rings. The lowest BCUT2D eigenvalue weighted by Crippen LogP contribution is -2.28. The first-order valence-corrected chi connectivity index (χ1v) is 11.0. The van der Waals surface area contributed by atoms with Crippen LogP contribution in [0.15, 0.2) is 44.0 Å². The zero-order chi connectivity index (χ0) is 22.7. The molecule has 3 rings (SSSR count). The van der Waals surface area contributed by atoms with Crippen LogP contribution in [-0.4, -0.2) is 15.5 Å². The number of aromatic amines is 1. The van der Waals surface area contributed by atoms with Gasteiger partial charge in [0.05, 0.1) is 11.1 Å². The van der Waals surface area contributed by atoms with Crippen molar-refractivity contribution < 1.29 is 4.79 Å². The summed E-state index contributed by atoms with van der Waals surface area (Å²) in [5.74, 6) is 5.16. The van der Waals surface area contributed by atoms with Gasteiger partial charge in [0.2, 0.25) is 0 Å². The van der Waals surface area contributed by atoms with Crippen LogP contribution in [-0.2, 0) is 13.0 Å². The molecule has 0 atom stereocenters. The van der Waals surface area contributed by atoms with Crippen LogP contribution in [0.1, 0.15) is 60.3 Å². The highest BCUT2D eigenvalue weighted by molar-refractivity contribution is 9.10. The molecule has 0 aliphatic heterocycles. The first kappa shape index (κ1) is 22.7. The Balaban J connectivity index is 1.97. The van der Waals surface area contributed by atoms with Gasteiger partial charge in [0.15, 0.2) is 5.82 Å². The SMILES string of the molecule is CCCc1cc(N=NN)[nH]c(=O)c1CNC(=O)c1cc(Br)cc2c1c(C)cn2C(C)C. The Bertz CT molecular complexity index is 1210. The number of carbonyl (C=O) groups excluding carboxylic acids is 1. The van der Waals surface area contributed by atoms with Crippen LogP contribution in [0.4, 0.5) is 5.82 Å². The molecule has 0 spiro atoms. The summed E-state index contributed by atoms with van der Waals surface area (Å²) in [5, 5.41) is 10.8. The summed E-state index contributed by atoms with van der Waals surface area (Å²) in [6.45, 7) is 8.35. The Kier molecular flexibility index (Phi) is 6.94. The number of pyridine rings is 1. The van der Waals surface area contributed by atoms with Crippen LogP contribution in [0.2, 0.25) is 0 Å². The molecular weight excluding hydrogens is 460 g/mol. The maximum Gasteiger partial charge on any atom is 0.254 e. The molecular formula is C22H27BrN6O2. The Morgan fingerprint density at radius 3 is 2.71 bits per heavy atom. The Hall–Kier alpha value is -2.94. The number of hydrogen-bond donors (Lipinski definition) is 3. The average molecular weight is 487 g/mol. The largest absolute Gasteiger partial charge is 0.348 e.